The van der Waals surface area contributed by atoms with E-state index in [1.807, 2.05) is 6.07 Å². The summed E-state index contributed by atoms with van der Waals surface area (Å²) in [7, 11) is 0. The summed E-state index contributed by atoms with van der Waals surface area (Å²) in [4.78, 5) is 0. The number of halogens is 3. The van der Waals surface area contributed by atoms with Crippen LogP contribution >= 0.6 is 47.8 Å². The van der Waals surface area contributed by atoms with Gasteiger partial charge in [-0.15, -0.1) is 0 Å². The van der Waals surface area contributed by atoms with Gasteiger partial charge in [0.2, 0.25) is 0 Å². The van der Waals surface area contributed by atoms with E-state index in [9.17, 15) is 5.11 Å². The number of nitrogens with two attached hydrogens (primary N) is 1. The molecule has 1 aromatic carbocycles. The van der Waals surface area contributed by atoms with Crippen molar-refractivity contribution in [1.82, 2.24) is 0 Å². The summed E-state index contributed by atoms with van der Waals surface area (Å²) in [5.41, 5.74) is 6.51. The summed E-state index contributed by atoms with van der Waals surface area (Å²) < 4.78 is 1.82. The Labute approximate surface area is 113 Å². The molecule has 3 N–H and O–H groups in total. The average molecular weight is 399 g/mol. The zero-order chi connectivity index (χ0) is 11.6. The van der Waals surface area contributed by atoms with Crippen LogP contribution in [0.4, 0.5) is 0 Å². The fraction of sp³-hybridized carbons (Fsp3) is 0.222. The number of nitrogens with zero attached hydrogens (tertiary/aromatic N) is 1. The van der Waals surface area contributed by atoms with Gasteiger partial charge in [-0.05, 0) is 37.9 Å². The van der Waals surface area contributed by atoms with Crippen molar-refractivity contribution < 1.29 is 5.11 Å². The van der Waals surface area contributed by atoms with Crippen molar-refractivity contribution in [3.05, 3.63) is 25.0 Å². The summed E-state index contributed by atoms with van der Waals surface area (Å²) in [6.07, 6.45) is 0.193. The average Bonchev–Trinajstić information content (AvgIpc) is 2.15. The first-order chi connectivity index (χ1) is 6.99. The van der Waals surface area contributed by atoms with Crippen LogP contribution in [0.25, 0.3) is 0 Å². The smallest absolute Gasteiger partial charge is 0.144 e. The Morgan fingerprint density at radius 2 is 2.00 bits per heavy atom. The lowest BCUT2D eigenvalue weighted by Gasteiger charge is -2.14. The number of hydrogen-bond acceptors (Lipinski definition) is 3. The van der Waals surface area contributed by atoms with Crippen LogP contribution in [-0.2, 0) is 0 Å². The van der Waals surface area contributed by atoms with E-state index in [1.165, 1.54) is 0 Å². The van der Waals surface area contributed by atoms with E-state index in [4.69, 9.17) is 11.0 Å². The molecular formula is C9H7Br3N2O. The van der Waals surface area contributed by atoms with Crippen molar-refractivity contribution in [3.63, 3.8) is 0 Å². The number of rotatable bonds is 2. The largest absolute Gasteiger partial charge is 0.506 e. The molecule has 6 heteroatoms. The second kappa shape index (κ2) is 5.30. The first-order valence-corrected chi connectivity index (χ1v) is 6.35. The molecule has 0 amide bonds. The molecule has 0 aliphatic carbocycles. The van der Waals surface area contributed by atoms with E-state index in [2.05, 4.69) is 47.8 Å². The Morgan fingerprint density at radius 3 is 2.53 bits per heavy atom. The lowest BCUT2D eigenvalue weighted by molar-refractivity contribution is 0.466. The highest BCUT2D eigenvalue weighted by Crippen LogP contribution is 2.42. The second-order valence-corrected chi connectivity index (χ2v) is 5.39. The maximum Gasteiger partial charge on any atom is 0.144 e. The quantitative estimate of drug-likeness (QED) is 0.799. The van der Waals surface area contributed by atoms with E-state index in [0.717, 1.165) is 4.47 Å². The van der Waals surface area contributed by atoms with E-state index in [0.29, 0.717) is 14.5 Å². The van der Waals surface area contributed by atoms with Gasteiger partial charge in [-0.2, -0.15) is 5.26 Å². The summed E-state index contributed by atoms with van der Waals surface area (Å²) in [6.45, 7) is 0. The van der Waals surface area contributed by atoms with E-state index in [-0.39, 0.29) is 12.2 Å². The van der Waals surface area contributed by atoms with Crippen LogP contribution in [0.15, 0.2) is 19.5 Å². The second-order valence-electron chi connectivity index (χ2n) is 2.89. The molecule has 80 valence electrons. The Balaban J connectivity index is 3.30. The maximum atomic E-state index is 9.68. The minimum atomic E-state index is -0.433. The normalized spacial score (nSPS) is 12.2. The van der Waals surface area contributed by atoms with Crippen molar-refractivity contribution in [2.24, 2.45) is 5.73 Å². The lowest BCUT2D eigenvalue weighted by atomic mass is 10.1. The number of aromatic hydroxyl groups is 1. The van der Waals surface area contributed by atoms with Gasteiger partial charge < -0.3 is 10.8 Å². The zero-order valence-electron chi connectivity index (χ0n) is 7.47. The van der Waals surface area contributed by atoms with Crippen molar-refractivity contribution in [1.29, 1.82) is 5.26 Å². The van der Waals surface area contributed by atoms with Crippen LogP contribution in [0.1, 0.15) is 18.0 Å². The molecule has 0 bridgehead atoms. The molecule has 0 fully saturated rings. The highest BCUT2D eigenvalue weighted by Gasteiger charge is 2.18. The van der Waals surface area contributed by atoms with Crippen LogP contribution in [0.5, 0.6) is 5.75 Å². The van der Waals surface area contributed by atoms with Crippen molar-refractivity contribution in [2.75, 3.05) is 0 Å². The number of hydrogen-bond donors (Lipinski definition) is 2. The molecule has 1 rings (SSSR count). The molecule has 15 heavy (non-hydrogen) atoms. The first kappa shape index (κ1) is 13.0. The number of phenols is 1. The van der Waals surface area contributed by atoms with Crippen LogP contribution in [0.2, 0.25) is 0 Å². The molecular weight excluding hydrogens is 392 g/mol. The molecule has 3 nitrogen and oxygen atoms in total. The van der Waals surface area contributed by atoms with Gasteiger partial charge in [-0.25, -0.2) is 0 Å². The van der Waals surface area contributed by atoms with E-state index in [1.54, 1.807) is 6.07 Å². The first-order valence-electron chi connectivity index (χ1n) is 3.98. The van der Waals surface area contributed by atoms with Crippen molar-refractivity contribution in [3.8, 4) is 11.8 Å². The molecule has 0 saturated heterocycles. The Bertz CT molecular complexity index is 428. The SMILES string of the molecule is N#CC[C@@H](N)c1c(Br)cc(Br)c(O)c1Br. The standard InChI is InChI=1S/C9H7Br3N2O/c10-4-3-5(11)9(15)8(12)7(4)6(14)1-2-13/h3,6,15H,1,14H2/t6-/m1/s1. The van der Waals surface area contributed by atoms with Crippen molar-refractivity contribution in [2.45, 2.75) is 12.5 Å². The summed E-state index contributed by atoms with van der Waals surface area (Å²) in [5.74, 6) is 0.0848. The molecule has 0 unspecified atom stereocenters. The molecule has 1 aromatic rings. The highest BCUT2D eigenvalue weighted by atomic mass is 79.9. The predicted molar refractivity (Wildman–Crippen MR) is 68.4 cm³/mol. The van der Waals surface area contributed by atoms with Gasteiger partial charge in [-0.3, -0.25) is 0 Å². The van der Waals surface area contributed by atoms with Crippen molar-refractivity contribution >= 4 is 47.8 Å². The van der Waals surface area contributed by atoms with Gasteiger partial charge in [0, 0.05) is 16.1 Å². The van der Waals surface area contributed by atoms with Gasteiger partial charge >= 0.3 is 0 Å². The lowest BCUT2D eigenvalue weighted by Crippen LogP contribution is -2.11. The molecule has 0 aliphatic heterocycles. The van der Waals surface area contributed by atoms with Gasteiger partial charge in [0.15, 0.2) is 0 Å². The third-order valence-electron chi connectivity index (χ3n) is 1.86. The monoisotopic (exact) mass is 396 g/mol. The van der Waals surface area contributed by atoms with Gasteiger partial charge in [0.05, 0.1) is 21.4 Å². The molecule has 1 atom stereocenters. The van der Waals surface area contributed by atoms with Gasteiger partial charge in [0.25, 0.3) is 0 Å². The number of nitriles is 1. The third kappa shape index (κ3) is 2.72. The highest BCUT2D eigenvalue weighted by molar-refractivity contribution is 9.11. The fourth-order valence-corrected chi connectivity index (χ4v) is 3.84. The van der Waals surface area contributed by atoms with Crippen LogP contribution < -0.4 is 5.73 Å². The number of benzene rings is 1. The molecule has 0 spiro atoms. The van der Waals surface area contributed by atoms with E-state index >= 15 is 0 Å². The van der Waals surface area contributed by atoms with Crippen LogP contribution in [0, 0.1) is 11.3 Å². The summed E-state index contributed by atoms with van der Waals surface area (Å²) in [6, 6.07) is 3.26. The van der Waals surface area contributed by atoms with Gasteiger partial charge in [-0.1, -0.05) is 15.9 Å². The molecule has 0 aliphatic rings. The van der Waals surface area contributed by atoms with Crippen LogP contribution in [-0.4, -0.2) is 5.11 Å². The zero-order valence-corrected chi connectivity index (χ0v) is 12.2. The summed E-state index contributed by atoms with van der Waals surface area (Å²) in [5, 5.41) is 18.2. The minimum absolute atomic E-state index is 0.0848. The molecule has 0 aromatic heterocycles. The van der Waals surface area contributed by atoms with E-state index < -0.39 is 6.04 Å². The van der Waals surface area contributed by atoms with Gasteiger partial charge in [0.1, 0.15) is 5.75 Å². The Hall–Kier alpha value is -0.0900. The topological polar surface area (TPSA) is 70.0 Å². The fourth-order valence-electron chi connectivity index (χ4n) is 1.13. The van der Waals surface area contributed by atoms with Crippen LogP contribution in [0.3, 0.4) is 0 Å². The summed E-state index contributed by atoms with van der Waals surface area (Å²) >= 11 is 9.80. The Kier molecular flexibility index (Phi) is 4.59. The third-order valence-corrected chi connectivity index (χ3v) is 3.93. The molecule has 0 saturated carbocycles. The maximum absolute atomic E-state index is 9.68. The Morgan fingerprint density at radius 1 is 1.40 bits per heavy atom. The molecule has 0 heterocycles. The minimum Gasteiger partial charge on any atom is -0.506 e. The predicted octanol–water partition coefficient (Wildman–Crippen LogP) is 3.59. The number of phenolic OH excluding ortho intramolecular Hbond substituents is 1. The molecule has 0 radical (unpaired) electrons.